The van der Waals surface area contributed by atoms with Crippen molar-refractivity contribution in [2.75, 3.05) is 32.1 Å². The predicted molar refractivity (Wildman–Crippen MR) is 122 cm³/mol. The minimum absolute atomic E-state index is 0.0479. The zero-order valence-corrected chi connectivity index (χ0v) is 18.8. The van der Waals surface area contributed by atoms with Crippen LogP contribution in [0.4, 0.5) is 4.39 Å². The summed E-state index contributed by atoms with van der Waals surface area (Å²) in [6, 6.07) is 5.07. The summed E-state index contributed by atoms with van der Waals surface area (Å²) in [5.74, 6) is 1.36. The summed E-state index contributed by atoms with van der Waals surface area (Å²) in [5.41, 5.74) is 0.414. The number of β-amino-alcohol motifs (C(OH)–C–C–N with tert-alkyl or cyclic N) is 1. The van der Waals surface area contributed by atoms with Crippen LogP contribution in [-0.2, 0) is 18.7 Å². The second kappa shape index (κ2) is 8.05. The van der Waals surface area contributed by atoms with Crippen molar-refractivity contribution in [2.45, 2.75) is 30.0 Å². The Hall–Kier alpha value is -2.53. The monoisotopic (exact) mass is 469 g/mol. The van der Waals surface area contributed by atoms with Gasteiger partial charge in [0.05, 0.1) is 46.1 Å². The molecule has 172 valence electrons. The topological polar surface area (TPSA) is 92.5 Å². The van der Waals surface area contributed by atoms with Crippen LogP contribution in [0.1, 0.15) is 17.7 Å². The highest BCUT2D eigenvalue weighted by atomic mass is 32.2. The number of nitrogens with one attached hydrogen (secondary N) is 1. The SMILES string of the molecule is O=c1ccc2ncc(F)c3c2n1C[C@@]3(O)CN1CC[C@H](CNCc2cc3c(cn2)OCS3)C1. The first-order valence-corrected chi connectivity index (χ1v) is 12.1. The Balaban J connectivity index is 1.10. The molecule has 0 aromatic carbocycles. The molecular formula is C23H24FN5O3S. The second-order valence-corrected chi connectivity index (χ2v) is 10.0. The van der Waals surface area contributed by atoms with Crippen molar-refractivity contribution < 1.29 is 14.2 Å². The van der Waals surface area contributed by atoms with Crippen LogP contribution in [0.25, 0.3) is 11.0 Å². The number of hydrogen-bond acceptors (Lipinski definition) is 8. The lowest BCUT2D eigenvalue weighted by molar-refractivity contribution is -0.00470. The Labute approximate surface area is 193 Å². The molecule has 3 aliphatic rings. The average Bonchev–Trinajstić information content (AvgIpc) is 3.51. The molecule has 3 aromatic rings. The van der Waals surface area contributed by atoms with Gasteiger partial charge in [-0.05, 0) is 37.6 Å². The lowest BCUT2D eigenvalue weighted by atomic mass is 9.95. The summed E-state index contributed by atoms with van der Waals surface area (Å²) in [5, 5.41) is 15.0. The van der Waals surface area contributed by atoms with E-state index < -0.39 is 11.4 Å². The fourth-order valence-electron chi connectivity index (χ4n) is 5.24. The Morgan fingerprint density at radius 1 is 1.33 bits per heavy atom. The zero-order chi connectivity index (χ0) is 22.6. The van der Waals surface area contributed by atoms with E-state index in [1.807, 2.05) is 0 Å². The number of fused-ring (bicyclic) bond motifs is 1. The molecule has 8 nitrogen and oxygen atoms in total. The predicted octanol–water partition coefficient (Wildman–Crippen LogP) is 1.69. The minimum Gasteiger partial charge on any atom is -0.480 e. The van der Waals surface area contributed by atoms with E-state index in [2.05, 4.69) is 26.3 Å². The smallest absolute Gasteiger partial charge is 0.251 e. The summed E-state index contributed by atoms with van der Waals surface area (Å²) in [4.78, 5) is 24.2. The first-order chi connectivity index (χ1) is 16.0. The van der Waals surface area contributed by atoms with Gasteiger partial charge in [0.25, 0.3) is 5.56 Å². The van der Waals surface area contributed by atoms with Crippen molar-refractivity contribution >= 4 is 22.8 Å². The van der Waals surface area contributed by atoms with Crippen molar-refractivity contribution in [3.63, 3.8) is 0 Å². The molecule has 0 spiro atoms. The van der Waals surface area contributed by atoms with E-state index in [0.29, 0.717) is 29.4 Å². The normalized spacial score (nSPS) is 23.9. The van der Waals surface area contributed by atoms with Crippen molar-refractivity contribution in [1.82, 2.24) is 24.8 Å². The van der Waals surface area contributed by atoms with Crippen LogP contribution >= 0.6 is 11.8 Å². The third-order valence-electron chi connectivity index (χ3n) is 6.75. The van der Waals surface area contributed by atoms with Gasteiger partial charge in [0, 0.05) is 25.7 Å². The molecule has 6 heterocycles. The van der Waals surface area contributed by atoms with Crippen molar-refractivity contribution in [2.24, 2.45) is 5.92 Å². The van der Waals surface area contributed by atoms with Gasteiger partial charge in [0.1, 0.15) is 17.4 Å². The second-order valence-electron chi connectivity index (χ2n) is 9.05. The lowest BCUT2D eigenvalue weighted by Gasteiger charge is -2.29. The first kappa shape index (κ1) is 21.0. The number of ether oxygens (including phenoxy) is 1. The molecule has 2 atom stereocenters. The highest BCUT2D eigenvalue weighted by Gasteiger charge is 2.43. The van der Waals surface area contributed by atoms with Crippen LogP contribution in [0.2, 0.25) is 0 Å². The molecule has 1 fully saturated rings. The maximum absolute atomic E-state index is 14.8. The molecule has 0 saturated carbocycles. The fourth-order valence-corrected chi connectivity index (χ4v) is 6.03. The maximum atomic E-state index is 14.8. The van der Waals surface area contributed by atoms with E-state index in [1.165, 1.54) is 10.6 Å². The molecule has 2 N–H and O–H groups in total. The Bertz CT molecular complexity index is 1300. The number of likely N-dealkylation sites (tertiary alicyclic amines) is 1. The average molecular weight is 470 g/mol. The molecule has 10 heteroatoms. The molecule has 0 radical (unpaired) electrons. The highest BCUT2D eigenvalue weighted by molar-refractivity contribution is 7.99. The fraction of sp³-hybridized carbons (Fsp3) is 0.435. The third-order valence-corrected chi connectivity index (χ3v) is 7.62. The van der Waals surface area contributed by atoms with E-state index in [9.17, 15) is 14.3 Å². The molecule has 3 aromatic heterocycles. The van der Waals surface area contributed by atoms with Gasteiger partial charge in [-0.3, -0.25) is 19.7 Å². The Morgan fingerprint density at radius 3 is 3.15 bits per heavy atom. The molecule has 3 aliphatic heterocycles. The van der Waals surface area contributed by atoms with Crippen LogP contribution in [0.3, 0.4) is 0 Å². The van der Waals surface area contributed by atoms with Crippen molar-refractivity contribution in [3.05, 3.63) is 58.0 Å². The molecule has 0 aliphatic carbocycles. The standard InChI is InChI=1S/C23H24FN5O3S/c24-16-8-27-17-1-2-20(30)29-12-23(31,21(16)22(17)29)11-28-4-3-14(10-28)6-25-7-15-5-19-18(9-26-15)32-13-33-19/h1-2,5,8-9,14,25,31H,3-4,6-7,10-13H2/t14-,23+/m1/s1. The number of hydrogen-bond donors (Lipinski definition) is 2. The third kappa shape index (κ3) is 3.71. The van der Waals surface area contributed by atoms with Gasteiger partial charge < -0.3 is 19.7 Å². The van der Waals surface area contributed by atoms with E-state index >= 15 is 0 Å². The molecule has 0 unspecified atom stereocenters. The summed E-state index contributed by atoms with van der Waals surface area (Å²) < 4.78 is 21.7. The molecule has 33 heavy (non-hydrogen) atoms. The summed E-state index contributed by atoms with van der Waals surface area (Å²) in [6.45, 7) is 3.48. The van der Waals surface area contributed by atoms with Gasteiger partial charge in [0.2, 0.25) is 0 Å². The first-order valence-electron chi connectivity index (χ1n) is 11.1. The zero-order valence-electron chi connectivity index (χ0n) is 18.0. The number of rotatable bonds is 6. The van der Waals surface area contributed by atoms with E-state index in [1.54, 1.807) is 24.0 Å². The van der Waals surface area contributed by atoms with E-state index in [-0.39, 0.29) is 24.2 Å². The number of pyridine rings is 3. The van der Waals surface area contributed by atoms with Crippen molar-refractivity contribution in [1.29, 1.82) is 0 Å². The summed E-state index contributed by atoms with van der Waals surface area (Å²) in [6.07, 6.45) is 3.91. The molecule has 0 bridgehead atoms. The molecule has 0 amide bonds. The van der Waals surface area contributed by atoms with Gasteiger partial charge >= 0.3 is 0 Å². The van der Waals surface area contributed by atoms with Crippen LogP contribution in [0, 0.1) is 11.7 Å². The number of aliphatic hydroxyl groups is 1. The molecular weight excluding hydrogens is 445 g/mol. The van der Waals surface area contributed by atoms with E-state index in [0.717, 1.165) is 48.6 Å². The maximum Gasteiger partial charge on any atom is 0.251 e. The number of aromatic nitrogens is 3. The minimum atomic E-state index is -1.45. The number of nitrogens with zero attached hydrogens (tertiary/aromatic N) is 4. The number of halogens is 1. The van der Waals surface area contributed by atoms with E-state index in [4.69, 9.17) is 4.74 Å². The summed E-state index contributed by atoms with van der Waals surface area (Å²) >= 11 is 1.68. The van der Waals surface area contributed by atoms with Gasteiger partial charge in [-0.1, -0.05) is 11.8 Å². The van der Waals surface area contributed by atoms with Crippen LogP contribution in [0.15, 0.2) is 40.3 Å². The Kier molecular flexibility index (Phi) is 5.13. The van der Waals surface area contributed by atoms with Crippen LogP contribution < -0.4 is 15.6 Å². The quantitative estimate of drug-likeness (QED) is 0.564. The lowest BCUT2D eigenvalue weighted by Crippen LogP contribution is -2.42. The highest BCUT2D eigenvalue weighted by Crippen LogP contribution is 2.38. The van der Waals surface area contributed by atoms with Gasteiger partial charge in [-0.2, -0.15) is 0 Å². The largest absolute Gasteiger partial charge is 0.480 e. The van der Waals surface area contributed by atoms with Crippen molar-refractivity contribution in [3.8, 4) is 5.75 Å². The molecule has 1 saturated heterocycles. The summed E-state index contributed by atoms with van der Waals surface area (Å²) in [7, 11) is 0. The van der Waals surface area contributed by atoms with Gasteiger partial charge in [-0.15, -0.1) is 0 Å². The molecule has 6 rings (SSSR count). The Morgan fingerprint density at radius 2 is 2.24 bits per heavy atom. The van der Waals surface area contributed by atoms with Gasteiger partial charge in [-0.25, -0.2) is 4.39 Å². The van der Waals surface area contributed by atoms with Crippen LogP contribution in [0.5, 0.6) is 5.75 Å². The van der Waals surface area contributed by atoms with Gasteiger partial charge in [0.15, 0.2) is 5.75 Å². The van der Waals surface area contributed by atoms with Crippen LogP contribution in [-0.4, -0.2) is 56.7 Å². The number of thioether (sulfide) groups is 1.